The van der Waals surface area contributed by atoms with Gasteiger partial charge in [-0.2, -0.15) is 0 Å². The van der Waals surface area contributed by atoms with E-state index in [9.17, 15) is 13.6 Å². The molecule has 8 heteroatoms. The molecule has 0 spiro atoms. The van der Waals surface area contributed by atoms with E-state index < -0.39 is 17.5 Å². The highest BCUT2D eigenvalue weighted by Gasteiger charge is 2.16. The maximum atomic E-state index is 13.6. The molecule has 104 valence electrons. The average Bonchev–Trinajstić information content (AvgIpc) is 2.38. The summed E-state index contributed by atoms with van der Waals surface area (Å²) in [5.41, 5.74) is -0.263. The standard InChI is InChI=1S/C12H7Cl2F2N3O/c1-5-2-8(16)9(4-7(5)15)17-12(20)6-3-10(13)18-19-11(6)14/h2-4H,1H3,(H,17,20). The van der Waals surface area contributed by atoms with Gasteiger partial charge in [-0.1, -0.05) is 23.2 Å². The Balaban J connectivity index is 2.32. The Kier molecular flexibility index (Phi) is 4.15. The lowest BCUT2D eigenvalue weighted by Crippen LogP contribution is -2.15. The van der Waals surface area contributed by atoms with Gasteiger partial charge in [0, 0.05) is 6.07 Å². The molecule has 0 fully saturated rings. The largest absolute Gasteiger partial charge is 0.319 e. The van der Waals surface area contributed by atoms with E-state index in [1.807, 2.05) is 0 Å². The molecule has 0 bridgehead atoms. The van der Waals surface area contributed by atoms with E-state index >= 15 is 0 Å². The molecular weight excluding hydrogens is 311 g/mol. The number of nitrogens with zero attached hydrogens (tertiary/aromatic N) is 2. The summed E-state index contributed by atoms with van der Waals surface area (Å²) in [7, 11) is 0. The molecule has 2 aromatic rings. The Hall–Kier alpha value is -1.79. The highest BCUT2D eigenvalue weighted by atomic mass is 35.5. The molecule has 0 saturated carbocycles. The molecular formula is C12H7Cl2F2N3O. The molecule has 0 aliphatic carbocycles. The van der Waals surface area contributed by atoms with Crippen LogP contribution in [0.25, 0.3) is 0 Å². The summed E-state index contributed by atoms with van der Waals surface area (Å²) in [6.45, 7) is 1.41. The molecule has 1 aromatic carbocycles. The number of halogens is 4. The molecule has 2 rings (SSSR count). The number of amides is 1. The van der Waals surface area contributed by atoms with Crippen LogP contribution in [-0.4, -0.2) is 16.1 Å². The first-order chi connectivity index (χ1) is 9.38. The minimum Gasteiger partial charge on any atom is -0.319 e. The van der Waals surface area contributed by atoms with Gasteiger partial charge in [0.1, 0.15) is 11.6 Å². The SMILES string of the molecule is Cc1cc(F)c(NC(=O)c2cc(Cl)nnc2Cl)cc1F. The van der Waals surface area contributed by atoms with Gasteiger partial charge in [-0.25, -0.2) is 8.78 Å². The lowest BCUT2D eigenvalue weighted by Gasteiger charge is -2.08. The summed E-state index contributed by atoms with van der Waals surface area (Å²) in [5.74, 6) is -2.17. The van der Waals surface area contributed by atoms with Crippen LogP contribution < -0.4 is 5.32 Å². The lowest BCUT2D eigenvalue weighted by atomic mass is 10.2. The van der Waals surface area contributed by atoms with E-state index in [-0.39, 0.29) is 27.1 Å². The molecule has 0 aliphatic heterocycles. The molecule has 20 heavy (non-hydrogen) atoms. The summed E-state index contributed by atoms with van der Waals surface area (Å²) in [5, 5.41) is 8.85. The molecule has 1 aromatic heterocycles. The summed E-state index contributed by atoms with van der Waals surface area (Å²) < 4.78 is 27.0. The van der Waals surface area contributed by atoms with Gasteiger partial charge in [-0.3, -0.25) is 4.79 Å². The minimum atomic E-state index is -0.769. The van der Waals surface area contributed by atoms with Crippen LogP contribution in [0, 0.1) is 18.6 Å². The van der Waals surface area contributed by atoms with E-state index in [0.29, 0.717) is 0 Å². The third kappa shape index (κ3) is 3.02. The number of aryl methyl sites for hydroxylation is 1. The van der Waals surface area contributed by atoms with Crippen LogP contribution in [0.4, 0.5) is 14.5 Å². The van der Waals surface area contributed by atoms with Gasteiger partial charge in [0.05, 0.1) is 11.3 Å². The van der Waals surface area contributed by atoms with Gasteiger partial charge >= 0.3 is 0 Å². The van der Waals surface area contributed by atoms with Crippen molar-refractivity contribution in [3.8, 4) is 0 Å². The number of anilines is 1. The molecule has 1 heterocycles. The average molecular weight is 318 g/mol. The number of benzene rings is 1. The Morgan fingerprint density at radius 1 is 1.15 bits per heavy atom. The van der Waals surface area contributed by atoms with E-state index in [1.165, 1.54) is 13.0 Å². The lowest BCUT2D eigenvalue weighted by molar-refractivity contribution is 0.102. The smallest absolute Gasteiger partial charge is 0.259 e. The molecule has 0 aliphatic rings. The van der Waals surface area contributed by atoms with Crippen molar-refractivity contribution >= 4 is 34.8 Å². The Morgan fingerprint density at radius 2 is 1.85 bits per heavy atom. The maximum absolute atomic E-state index is 13.6. The number of aromatic nitrogens is 2. The maximum Gasteiger partial charge on any atom is 0.259 e. The number of hydrogen-bond donors (Lipinski definition) is 1. The number of rotatable bonds is 2. The monoisotopic (exact) mass is 317 g/mol. The Bertz CT molecular complexity index is 695. The van der Waals surface area contributed by atoms with Crippen molar-refractivity contribution < 1.29 is 13.6 Å². The van der Waals surface area contributed by atoms with Crippen molar-refractivity contribution in [3.05, 3.63) is 51.3 Å². The number of hydrogen-bond acceptors (Lipinski definition) is 3. The first kappa shape index (κ1) is 14.6. The van der Waals surface area contributed by atoms with Crippen LogP contribution in [0.2, 0.25) is 10.3 Å². The van der Waals surface area contributed by atoms with Crippen LogP contribution in [0.1, 0.15) is 15.9 Å². The fourth-order valence-electron chi connectivity index (χ4n) is 1.44. The fraction of sp³-hybridized carbons (Fsp3) is 0.0833. The summed E-state index contributed by atoms with van der Waals surface area (Å²) >= 11 is 11.3. The minimum absolute atomic E-state index is 0.0462. The van der Waals surface area contributed by atoms with Crippen LogP contribution in [0.3, 0.4) is 0 Å². The molecule has 1 N–H and O–H groups in total. The van der Waals surface area contributed by atoms with Gasteiger partial charge in [-0.05, 0) is 24.6 Å². The molecule has 0 saturated heterocycles. The normalized spacial score (nSPS) is 10.4. The van der Waals surface area contributed by atoms with Crippen molar-refractivity contribution in [2.24, 2.45) is 0 Å². The van der Waals surface area contributed by atoms with Crippen molar-refractivity contribution in [2.45, 2.75) is 6.92 Å². The van der Waals surface area contributed by atoms with Crippen molar-refractivity contribution in [1.29, 1.82) is 0 Å². The number of carbonyl (C=O) groups is 1. The van der Waals surface area contributed by atoms with Gasteiger partial charge in [0.2, 0.25) is 0 Å². The van der Waals surface area contributed by atoms with E-state index in [0.717, 1.165) is 12.1 Å². The Morgan fingerprint density at radius 3 is 2.55 bits per heavy atom. The fourth-order valence-corrected chi connectivity index (χ4v) is 1.77. The van der Waals surface area contributed by atoms with E-state index in [4.69, 9.17) is 23.2 Å². The second kappa shape index (κ2) is 5.68. The summed E-state index contributed by atoms with van der Waals surface area (Å²) in [6, 6.07) is 3.03. The van der Waals surface area contributed by atoms with Crippen LogP contribution in [-0.2, 0) is 0 Å². The molecule has 0 unspecified atom stereocenters. The van der Waals surface area contributed by atoms with Crippen molar-refractivity contribution in [2.75, 3.05) is 5.32 Å². The highest BCUT2D eigenvalue weighted by molar-refractivity contribution is 6.34. The third-order valence-electron chi connectivity index (χ3n) is 2.46. The Labute approximate surface area is 122 Å². The van der Waals surface area contributed by atoms with E-state index in [1.54, 1.807) is 0 Å². The zero-order chi connectivity index (χ0) is 14.9. The van der Waals surface area contributed by atoms with Crippen LogP contribution >= 0.6 is 23.2 Å². The third-order valence-corrected chi connectivity index (χ3v) is 2.92. The van der Waals surface area contributed by atoms with Gasteiger partial charge in [0.15, 0.2) is 10.3 Å². The predicted octanol–water partition coefficient (Wildman–Crippen LogP) is 3.62. The quantitative estimate of drug-likeness (QED) is 0.920. The summed E-state index contributed by atoms with van der Waals surface area (Å²) in [4.78, 5) is 11.9. The second-order valence-electron chi connectivity index (χ2n) is 3.91. The molecule has 0 radical (unpaired) electrons. The molecule has 1 amide bonds. The summed E-state index contributed by atoms with van der Waals surface area (Å²) in [6.07, 6.45) is 0. The zero-order valence-electron chi connectivity index (χ0n) is 10.0. The zero-order valence-corrected chi connectivity index (χ0v) is 11.6. The van der Waals surface area contributed by atoms with Gasteiger partial charge in [-0.15, -0.1) is 10.2 Å². The highest BCUT2D eigenvalue weighted by Crippen LogP contribution is 2.21. The van der Waals surface area contributed by atoms with Crippen molar-refractivity contribution in [1.82, 2.24) is 10.2 Å². The molecule has 0 atom stereocenters. The van der Waals surface area contributed by atoms with Gasteiger partial charge < -0.3 is 5.32 Å². The second-order valence-corrected chi connectivity index (χ2v) is 4.65. The first-order valence-corrected chi connectivity index (χ1v) is 6.10. The number of carbonyl (C=O) groups excluding carboxylic acids is 1. The van der Waals surface area contributed by atoms with Crippen molar-refractivity contribution in [3.63, 3.8) is 0 Å². The topological polar surface area (TPSA) is 54.9 Å². The van der Waals surface area contributed by atoms with Gasteiger partial charge in [0.25, 0.3) is 5.91 Å². The molecule has 4 nitrogen and oxygen atoms in total. The van der Waals surface area contributed by atoms with Crippen LogP contribution in [0.5, 0.6) is 0 Å². The number of nitrogens with one attached hydrogen (secondary N) is 1. The predicted molar refractivity (Wildman–Crippen MR) is 71.1 cm³/mol. The van der Waals surface area contributed by atoms with Crippen LogP contribution in [0.15, 0.2) is 18.2 Å². The van der Waals surface area contributed by atoms with E-state index in [2.05, 4.69) is 15.5 Å². The first-order valence-electron chi connectivity index (χ1n) is 5.34.